The molecule has 1 unspecified atom stereocenters. The SMILES string of the molecule is CC(C)C(NC(=O)c1cccs1)C(=O)NCC1(c2ccccc2)CCCC1. The number of hydrogen-bond donors (Lipinski definition) is 2. The molecule has 1 aromatic heterocycles. The first-order valence-electron chi connectivity index (χ1n) is 9.69. The minimum atomic E-state index is -0.533. The third-order valence-electron chi connectivity index (χ3n) is 5.53. The number of thiophene rings is 1. The first-order chi connectivity index (χ1) is 13.0. The number of nitrogens with one attached hydrogen (secondary N) is 2. The Morgan fingerprint density at radius 3 is 2.37 bits per heavy atom. The van der Waals surface area contributed by atoms with Crippen molar-refractivity contribution in [3.05, 3.63) is 58.3 Å². The molecule has 0 saturated heterocycles. The largest absolute Gasteiger partial charge is 0.353 e. The van der Waals surface area contributed by atoms with E-state index >= 15 is 0 Å². The van der Waals surface area contributed by atoms with Crippen LogP contribution in [0, 0.1) is 5.92 Å². The number of hydrogen-bond acceptors (Lipinski definition) is 3. The molecule has 2 amide bonds. The third-order valence-corrected chi connectivity index (χ3v) is 6.40. The van der Waals surface area contributed by atoms with Gasteiger partial charge in [0.2, 0.25) is 5.91 Å². The molecule has 1 aliphatic carbocycles. The van der Waals surface area contributed by atoms with Gasteiger partial charge < -0.3 is 10.6 Å². The van der Waals surface area contributed by atoms with Crippen LogP contribution in [-0.4, -0.2) is 24.4 Å². The van der Waals surface area contributed by atoms with Crippen molar-refractivity contribution >= 4 is 23.2 Å². The Morgan fingerprint density at radius 1 is 1.07 bits per heavy atom. The van der Waals surface area contributed by atoms with Crippen LogP contribution in [0.2, 0.25) is 0 Å². The number of amides is 2. The van der Waals surface area contributed by atoms with Crippen molar-refractivity contribution < 1.29 is 9.59 Å². The molecule has 27 heavy (non-hydrogen) atoms. The van der Waals surface area contributed by atoms with E-state index in [0.717, 1.165) is 12.8 Å². The van der Waals surface area contributed by atoms with E-state index in [1.54, 1.807) is 6.07 Å². The van der Waals surface area contributed by atoms with Gasteiger partial charge in [-0.15, -0.1) is 11.3 Å². The second kappa shape index (κ2) is 8.70. The van der Waals surface area contributed by atoms with Crippen molar-refractivity contribution in [1.29, 1.82) is 0 Å². The molecule has 4 nitrogen and oxygen atoms in total. The Balaban J connectivity index is 1.67. The lowest BCUT2D eigenvalue weighted by atomic mass is 9.78. The summed E-state index contributed by atoms with van der Waals surface area (Å²) >= 11 is 1.38. The van der Waals surface area contributed by atoms with E-state index in [-0.39, 0.29) is 23.1 Å². The van der Waals surface area contributed by atoms with E-state index in [2.05, 4.69) is 34.9 Å². The van der Waals surface area contributed by atoms with E-state index in [1.165, 1.54) is 29.7 Å². The molecule has 2 aromatic rings. The maximum Gasteiger partial charge on any atom is 0.262 e. The molecule has 1 fully saturated rings. The molecule has 144 valence electrons. The fraction of sp³-hybridized carbons (Fsp3) is 0.455. The van der Waals surface area contributed by atoms with Gasteiger partial charge in [-0.25, -0.2) is 0 Å². The minimum Gasteiger partial charge on any atom is -0.353 e. The van der Waals surface area contributed by atoms with Gasteiger partial charge in [-0.05, 0) is 35.8 Å². The molecule has 0 aliphatic heterocycles. The van der Waals surface area contributed by atoms with Crippen LogP contribution in [0.4, 0.5) is 0 Å². The van der Waals surface area contributed by atoms with Gasteiger partial charge in [-0.1, -0.05) is 63.1 Å². The summed E-state index contributed by atoms with van der Waals surface area (Å²) in [5.41, 5.74) is 1.31. The highest BCUT2D eigenvalue weighted by atomic mass is 32.1. The number of carbonyl (C=O) groups is 2. The molecule has 1 aromatic carbocycles. The maximum atomic E-state index is 12.9. The zero-order chi connectivity index (χ0) is 19.3. The van der Waals surface area contributed by atoms with Crippen LogP contribution in [0.1, 0.15) is 54.8 Å². The fourth-order valence-corrected chi connectivity index (χ4v) is 4.56. The van der Waals surface area contributed by atoms with Gasteiger partial charge in [0.15, 0.2) is 0 Å². The molecule has 0 bridgehead atoms. The Hall–Kier alpha value is -2.14. The van der Waals surface area contributed by atoms with Crippen molar-refractivity contribution in [2.75, 3.05) is 6.54 Å². The molecule has 0 radical (unpaired) electrons. The molecule has 0 spiro atoms. The summed E-state index contributed by atoms with van der Waals surface area (Å²) in [6.45, 7) is 4.54. The maximum absolute atomic E-state index is 12.9. The summed E-state index contributed by atoms with van der Waals surface area (Å²) in [4.78, 5) is 25.9. The average molecular weight is 385 g/mol. The second-order valence-electron chi connectivity index (χ2n) is 7.74. The van der Waals surface area contributed by atoms with Crippen LogP contribution >= 0.6 is 11.3 Å². The van der Waals surface area contributed by atoms with Crippen LogP contribution in [-0.2, 0) is 10.2 Å². The Bertz CT molecular complexity index is 750. The van der Waals surface area contributed by atoms with Gasteiger partial charge in [-0.3, -0.25) is 9.59 Å². The van der Waals surface area contributed by atoms with Gasteiger partial charge in [0, 0.05) is 12.0 Å². The Morgan fingerprint density at radius 2 is 1.78 bits per heavy atom. The Kier molecular flexibility index (Phi) is 6.32. The van der Waals surface area contributed by atoms with Gasteiger partial charge in [0.1, 0.15) is 6.04 Å². The molecule has 1 aliphatic rings. The Labute approximate surface area is 165 Å². The monoisotopic (exact) mass is 384 g/mol. The highest BCUT2D eigenvalue weighted by Crippen LogP contribution is 2.40. The molecule has 1 heterocycles. The highest BCUT2D eigenvalue weighted by Gasteiger charge is 2.36. The molecular formula is C22H28N2O2S. The summed E-state index contributed by atoms with van der Waals surface area (Å²) in [6.07, 6.45) is 4.55. The van der Waals surface area contributed by atoms with E-state index in [9.17, 15) is 9.59 Å². The predicted molar refractivity (Wildman–Crippen MR) is 110 cm³/mol. The van der Waals surface area contributed by atoms with Crippen molar-refractivity contribution in [1.82, 2.24) is 10.6 Å². The van der Waals surface area contributed by atoms with E-state index < -0.39 is 6.04 Å². The van der Waals surface area contributed by atoms with Gasteiger partial charge in [-0.2, -0.15) is 0 Å². The lowest BCUT2D eigenvalue weighted by Crippen LogP contribution is -2.52. The minimum absolute atomic E-state index is 0.0101. The molecule has 2 N–H and O–H groups in total. The van der Waals surface area contributed by atoms with Crippen LogP contribution < -0.4 is 10.6 Å². The molecule has 5 heteroatoms. The average Bonchev–Trinajstić information content (AvgIpc) is 3.37. The van der Waals surface area contributed by atoms with Crippen molar-refractivity contribution in [2.45, 2.75) is 51.0 Å². The van der Waals surface area contributed by atoms with Crippen LogP contribution in [0.25, 0.3) is 0 Å². The summed E-state index contributed by atoms with van der Waals surface area (Å²) in [5, 5.41) is 7.92. The van der Waals surface area contributed by atoms with E-state index in [1.807, 2.05) is 31.4 Å². The van der Waals surface area contributed by atoms with E-state index in [0.29, 0.717) is 11.4 Å². The summed E-state index contributed by atoms with van der Waals surface area (Å²) in [7, 11) is 0. The first-order valence-corrected chi connectivity index (χ1v) is 10.6. The molecule has 3 rings (SSSR count). The van der Waals surface area contributed by atoms with Crippen molar-refractivity contribution in [2.24, 2.45) is 5.92 Å². The molecule has 1 saturated carbocycles. The smallest absolute Gasteiger partial charge is 0.262 e. The third kappa shape index (κ3) is 4.59. The van der Waals surface area contributed by atoms with Gasteiger partial charge >= 0.3 is 0 Å². The summed E-state index contributed by atoms with van der Waals surface area (Å²) in [6, 6.07) is 13.6. The first kappa shape index (κ1) is 19.6. The second-order valence-corrected chi connectivity index (χ2v) is 8.69. The van der Waals surface area contributed by atoms with Gasteiger partial charge in [0.25, 0.3) is 5.91 Å². The normalized spacial score (nSPS) is 16.9. The lowest BCUT2D eigenvalue weighted by molar-refractivity contribution is -0.124. The number of benzene rings is 1. The standard InChI is InChI=1S/C22H28N2O2S/c1-16(2)19(24-20(25)18-11-8-14-27-18)21(26)23-15-22(12-6-7-13-22)17-9-4-3-5-10-17/h3-5,8-11,14,16,19H,6-7,12-13,15H2,1-2H3,(H,23,26)(H,24,25). The fourth-order valence-electron chi connectivity index (χ4n) is 3.93. The van der Waals surface area contributed by atoms with Crippen LogP contribution in [0.5, 0.6) is 0 Å². The summed E-state index contributed by atoms with van der Waals surface area (Å²) < 4.78 is 0. The van der Waals surface area contributed by atoms with E-state index in [4.69, 9.17) is 0 Å². The van der Waals surface area contributed by atoms with Crippen molar-refractivity contribution in [3.63, 3.8) is 0 Å². The molecular weight excluding hydrogens is 356 g/mol. The molecule has 1 atom stereocenters. The van der Waals surface area contributed by atoms with Crippen molar-refractivity contribution in [3.8, 4) is 0 Å². The van der Waals surface area contributed by atoms with Gasteiger partial charge in [0.05, 0.1) is 4.88 Å². The van der Waals surface area contributed by atoms with Crippen LogP contribution in [0.3, 0.4) is 0 Å². The number of carbonyl (C=O) groups excluding carboxylic acids is 2. The quantitative estimate of drug-likeness (QED) is 0.754. The lowest BCUT2D eigenvalue weighted by Gasteiger charge is -2.31. The number of rotatable bonds is 7. The zero-order valence-corrected chi connectivity index (χ0v) is 16.9. The topological polar surface area (TPSA) is 58.2 Å². The highest BCUT2D eigenvalue weighted by molar-refractivity contribution is 7.12. The van der Waals surface area contributed by atoms with Crippen LogP contribution in [0.15, 0.2) is 47.8 Å². The predicted octanol–water partition coefficient (Wildman–Crippen LogP) is 4.13. The summed E-state index contributed by atoms with van der Waals surface area (Å²) in [5.74, 6) is -0.264. The zero-order valence-electron chi connectivity index (χ0n) is 16.0.